The van der Waals surface area contributed by atoms with Gasteiger partial charge in [0.25, 0.3) is 0 Å². The van der Waals surface area contributed by atoms with Gasteiger partial charge in [0.2, 0.25) is 5.91 Å². The summed E-state index contributed by atoms with van der Waals surface area (Å²) >= 11 is 5.53. The van der Waals surface area contributed by atoms with Crippen LogP contribution in [0.3, 0.4) is 0 Å². The van der Waals surface area contributed by atoms with Crippen molar-refractivity contribution in [2.24, 2.45) is 0 Å². The molecule has 130 valence electrons. The fourth-order valence-electron chi connectivity index (χ4n) is 2.33. The maximum absolute atomic E-state index is 12.8. The first-order valence-electron chi connectivity index (χ1n) is 7.00. The van der Waals surface area contributed by atoms with Crippen molar-refractivity contribution in [2.45, 2.75) is 12.7 Å². The Balaban J connectivity index is 1.83. The number of carbonyl (C=O) groups is 1. The number of amides is 1. The van der Waals surface area contributed by atoms with Crippen LogP contribution in [0, 0.1) is 0 Å². The molecule has 0 atom stereocenters. The number of nitrogens with zero attached hydrogens (tertiary/aromatic N) is 1. The van der Waals surface area contributed by atoms with Crippen LogP contribution < -0.4 is 11.1 Å². The molecule has 1 N–H and O–H groups in total. The van der Waals surface area contributed by atoms with E-state index < -0.39 is 35.0 Å². The van der Waals surface area contributed by atoms with Gasteiger partial charge in [-0.05, 0) is 30.3 Å². The Kier molecular flexibility index (Phi) is 4.30. The van der Waals surface area contributed by atoms with Crippen LogP contribution in [0.1, 0.15) is 5.56 Å². The summed E-state index contributed by atoms with van der Waals surface area (Å²) < 4.78 is 44.6. The van der Waals surface area contributed by atoms with Crippen LogP contribution in [0.25, 0.3) is 11.1 Å². The Morgan fingerprint density at radius 2 is 1.92 bits per heavy atom. The van der Waals surface area contributed by atoms with E-state index in [-0.39, 0.29) is 5.69 Å². The summed E-state index contributed by atoms with van der Waals surface area (Å²) in [5, 5.41) is 1.84. The van der Waals surface area contributed by atoms with E-state index in [9.17, 15) is 22.8 Å². The zero-order valence-electron chi connectivity index (χ0n) is 12.4. The van der Waals surface area contributed by atoms with E-state index in [0.717, 1.165) is 16.7 Å². The van der Waals surface area contributed by atoms with Crippen molar-refractivity contribution in [1.82, 2.24) is 4.57 Å². The molecule has 0 aliphatic rings. The zero-order valence-corrected chi connectivity index (χ0v) is 13.2. The van der Waals surface area contributed by atoms with Crippen LogP contribution in [0.15, 0.2) is 51.7 Å². The first-order chi connectivity index (χ1) is 11.8. The summed E-state index contributed by atoms with van der Waals surface area (Å²) in [5.74, 6) is -1.41. The molecule has 3 aromatic rings. The lowest BCUT2D eigenvalue weighted by molar-refractivity contribution is -0.137. The topological polar surface area (TPSA) is 64.2 Å². The number of alkyl halides is 3. The minimum atomic E-state index is -4.64. The molecular formula is C16H10ClF3N2O3. The highest BCUT2D eigenvalue weighted by Gasteiger charge is 2.33. The average molecular weight is 371 g/mol. The van der Waals surface area contributed by atoms with Crippen molar-refractivity contribution in [3.05, 3.63) is 63.6 Å². The summed E-state index contributed by atoms with van der Waals surface area (Å²) in [5.41, 5.74) is -0.415. The van der Waals surface area contributed by atoms with Gasteiger partial charge in [-0.25, -0.2) is 4.79 Å². The SMILES string of the molecule is O=C(Cn1c(=O)oc2ccccc21)Nc1ccc(Cl)c(C(F)(F)F)c1. The molecule has 0 bridgehead atoms. The number of fused-ring (bicyclic) bond motifs is 1. The zero-order chi connectivity index (χ0) is 18.2. The van der Waals surface area contributed by atoms with E-state index in [1.807, 2.05) is 0 Å². The smallest absolute Gasteiger partial charge is 0.408 e. The van der Waals surface area contributed by atoms with E-state index in [0.29, 0.717) is 11.1 Å². The average Bonchev–Trinajstić information content (AvgIpc) is 2.84. The highest BCUT2D eigenvalue weighted by atomic mass is 35.5. The van der Waals surface area contributed by atoms with Gasteiger partial charge >= 0.3 is 11.9 Å². The Morgan fingerprint density at radius 1 is 1.20 bits per heavy atom. The monoisotopic (exact) mass is 370 g/mol. The van der Waals surface area contributed by atoms with Crippen molar-refractivity contribution in [3.63, 3.8) is 0 Å². The van der Waals surface area contributed by atoms with Gasteiger partial charge in [0, 0.05) is 5.69 Å². The summed E-state index contributed by atoms with van der Waals surface area (Å²) in [4.78, 5) is 23.9. The van der Waals surface area contributed by atoms with Gasteiger partial charge in [-0.3, -0.25) is 9.36 Å². The standard InChI is InChI=1S/C16H10ClF3N2O3/c17-11-6-5-9(7-10(11)16(18,19)20)21-14(23)8-22-12-3-1-2-4-13(12)25-15(22)24/h1-7H,8H2,(H,21,23). The van der Waals surface area contributed by atoms with Gasteiger partial charge in [-0.1, -0.05) is 23.7 Å². The van der Waals surface area contributed by atoms with Crippen LogP contribution in [-0.4, -0.2) is 10.5 Å². The second-order valence-electron chi connectivity index (χ2n) is 5.16. The largest absolute Gasteiger partial charge is 0.420 e. The molecule has 9 heteroatoms. The maximum Gasteiger partial charge on any atom is 0.420 e. The van der Waals surface area contributed by atoms with Gasteiger partial charge in [0.15, 0.2) is 5.58 Å². The molecule has 0 saturated carbocycles. The third-order valence-electron chi connectivity index (χ3n) is 3.43. The number of hydrogen-bond acceptors (Lipinski definition) is 3. The van der Waals surface area contributed by atoms with Crippen LogP contribution in [0.2, 0.25) is 5.02 Å². The van der Waals surface area contributed by atoms with Crippen molar-refractivity contribution in [1.29, 1.82) is 0 Å². The Labute approximate surface area is 143 Å². The first-order valence-corrected chi connectivity index (χ1v) is 7.38. The Hall–Kier alpha value is -2.74. The highest BCUT2D eigenvalue weighted by molar-refractivity contribution is 6.31. The summed E-state index contributed by atoms with van der Waals surface area (Å²) in [6.45, 7) is -0.403. The van der Waals surface area contributed by atoms with Crippen LogP contribution in [0.5, 0.6) is 0 Å². The van der Waals surface area contributed by atoms with Gasteiger partial charge in [-0.15, -0.1) is 0 Å². The van der Waals surface area contributed by atoms with Crippen LogP contribution in [-0.2, 0) is 17.5 Å². The number of benzene rings is 2. The van der Waals surface area contributed by atoms with E-state index in [1.165, 1.54) is 6.07 Å². The van der Waals surface area contributed by atoms with Gasteiger partial charge in [0.1, 0.15) is 6.54 Å². The van der Waals surface area contributed by atoms with E-state index in [4.69, 9.17) is 16.0 Å². The maximum atomic E-state index is 12.8. The third kappa shape index (κ3) is 3.53. The third-order valence-corrected chi connectivity index (χ3v) is 3.76. The number of hydrogen-bond donors (Lipinski definition) is 1. The molecule has 3 rings (SSSR count). The van der Waals surface area contributed by atoms with Gasteiger partial charge < -0.3 is 9.73 Å². The van der Waals surface area contributed by atoms with Crippen molar-refractivity contribution in [2.75, 3.05) is 5.32 Å². The van der Waals surface area contributed by atoms with Crippen LogP contribution in [0.4, 0.5) is 18.9 Å². The predicted octanol–water partition coefficient (Wildman–Crippen LogP) is 3.91. The number of nitrogens with one attached hydrogen (secondary N) is 1. The molecule has 25 heavy (non-hydrogen) atoms. The minimum Gasteiger partial charge on any atom is -0.408 e. The number of carbonyl (C=O) groups excluding carboxylic acids is 1. The number of rotatable bonds is 3. The molecule has 5 nitrogen and oxygen atoms in total. The van der Waals surface area contributed by atoms with Crippen molar-refractivity contribution < 1.29 is 22.4 Å². The molecule has 0 aliphatic heterocycles. The lowest BCUT2D eigenvalue weighted by Crippen LogP contribution is -2.24. The molecule has 2 aromatic carbocycles. The lowest BCUT2D eigenvalue weighted by Gasteiger charge is -2.12. The number of halogens is 4. The molecule has 0 saturated heterocycles. The fourth-order valence-corrected chi connectivity index (χ4v) is 2.55. The molecular weight excluding hydrogens is 361 g/mol. The van der Waals surface area contributed by atoms with Crippen LogP contribution >= 0.6 is 11.6 Å². The van der Waals surface area contributed by atoms with E-state index in [2.05, 4.69) is 5.32 Å². The number of anilines is 1. The van der Waals surface area contributed by atoms with Gasteiger partial charge in [-0.2, -0.15) is 13.2 Å². The minimum absolute atomic E-state index is 0.0809. The molecule has 0 aliphatic carbocycles. The molecule has 0 radical (unpaired) electrons. The first kappa shape index (κ1) is 17.1. The number of aromatic nitrogens is 1. The Morgan fingerprint density at radius 3 is 2.64 bits per heavy atom. The predicted molar refractivity (Wildman–Crippen MR) is 85.6 cm³/mol. The van der Waals surface area contributed by atoms with Crippen molar-refractivity contribution >= 4 is 34.3 Å². The second-order valence-corrected chi connectivity index (χ2v) is 5.57. The molecule has 1 heterocycles. The highest BCUT2D eigenvalue weighted by Crippen LogP contribution is 2.36. The molecule has 0 unspecified atom stereocenters. The molecule has 0 fully saturated rings. The van der Waals surface area contributed by atoms with Gasteiger partial charge in [0.05, 0.1) is 16.1 Å². The second kappa shape index (κ2) is 6.29. The summed E-state index contributed by atoms with van der Waals surface area (Å²) in [6, 6.07) is 9.52. The van der Waals surface area contributed by atoms with Crippen molar-refractivity contribution in [3.8, 4) is 0 Å². The van der Waals surface area contributed by atoms with E-state index in [1.54, 1.807) is 24.3 Å². The Bertz CT molecular complexity index is 1010. The molecule has 1 aromatic heterocycles. The summed E-state index contributed by atoms with van der Waals surface area (Å²) in [7, 11) is 0. The quantitative estimate of drug-likeness (QED) is 0.760. The normalized spacial score (nSPS) is 11.7. The van der Waals surface area contributed by atoms with E-state index >= 15 is 0 Å². The lowest BCUT2D eigenvalue weighted by atomic mass is 10.2. The molecule has 1 amide bonds. The fraction of sp³-hybridized carbons (Fsp3) is 0.125. The number of oxazole rings is 1. The summed E-state index contributed by atoms with van der Waals surface area (Å²) in [6.07, 6.45) is -4.64. The number of para-hydroxylation sites is 2. The molecule has 0 spiro atoms.